The number of allylic oxidation sites excluding steroid dienone is 1. The predicted octanol–water partition coefficient (Wildman–Crippen LogP) is 2.83. The second-order valence-corrected chi connectivity index (χ2v) is 9.08. The van der Waals surface area contributed by atoms with Crippen LogP contribution in [0.5, 0.6) is 0 Å². The molecule has 2 amide bonds. The molecule has 2 aliphatic rings. The fourth-order valence-corrected chi connectivity index (χ4v) is 4.69. The fourth-order valence-electron chi connectivity index (χ4n) is 3.58. The number of hydrogen-bond donors (Lipinski definition) is 2. The van der Waals surface area contributed by atoms with Crippen LogP contribution in [-0.2, 0) is 9.59 Å². The topological polar surface area (TPSA) is 106 Å². The first-order valence-electron chi connectivity index (χ1n) is 9.04. The number of nitriles is 2. The molecule has 0 bridgehead atoms. The Morgan fingerprint density at radius 1 is 1.35 bits per heavy atom. The summed E-state index contributed by atoms with van der Waals surface area (Å²) in [4.78, 5) is 24.8. The quantitative estimate of drug-likeness (QED) is 0.787. The van der Waals surface area contributed by atoms with E-state index in [9.17, 15) is 20.1 Å². The Morgan fingerprint density at radius 2 is 2.00 bits per heavy atom. The number of amides is 2. The lowest BCUT2D eigenvalue weighted by Gasteiger charge is -2.35. The minimum Gasteiger partial charge on any atom is -0.352 e. The zero-order valence-electron chi connectivity index (χ0n) is 15.8. The Balaban J connectivity index is 2.14. The summed E-state index contributed by atoms with van der Waals surface area (Å²) in [5, 5.41) is 24.5. The summed E-state index contributed by atoms with van der Waals surface area (Å²) in [5.41, 5.74) is -0.540. The lowest BCUT2D eigenvalue weighted by molar-refractivity contribution is -0.125. The van der Waals surface area contributed by atoms with Gasteiger partial charge >= 0.3 is 0 Å². The molecule has 0 spiro atoms. The van der Waals surface area contributed by atoms with Gasteiger partial charge in [0.25, 0.3) is 0 Å². The first-order chi connectivity index (χ1) is 12.2. The molecule has 2 rings (SSSR count). The minimum absolute atomic E-state index is 0.0898. The van der Waals surface area contributed by atoms with Crippen LogP contribution < -0.4 is 10.6 Å². The van der Waals surface area contributed by atoms with Crippen molar-refractivity contribution in [3.05, 3.63) is 10.6 Å². The van der Waals surface area contributed by atoms with E-state index in [0.717, 1.165) is 19.3 Å². The summed E-state index contributed by atoms with van der Waals surface area (Å²) >= 11 is 1.17. The van der Waals surface area contributed by atoms with Crippen molar-refractivity contribution >= 4 is 23.6 Å². The van der Waals surface area contributed by atoms with Crippen LogP contribution in [0.3, 0.4) is 0 Å². The van der Waals surface area contributed by atoms with Crippen molar-refractivity contribution < 1.29 is 9.59 Å². The van der Waals surface area contributed by atoms with Gasteiger partial charge in [-0.15, -0.1) is 0 Å². The van der Waals surface area contributed by atoms with Gasteiger partial charge in [0.2, 0.25) is 11.8 Å². The lowest BCUT2D eigenvalue weighted by Crippen LogP contribution is -2.46. The minimum atomic E-state index is -0.922. The Morgan fingerprint density at radius 3 is 2.58 bits per heavy atom. The molecule has 6 nitrogen and oxygen atoms in total. The molecule has 7 heteroatoms. The van der Waals surface area contributed by atoms with Gasteiger partial charge in [-0.25, -0.2) is 0 Å². The van der Waals surface area contributed by atoms with Gasteiger partial charge in [0.05, 0.1) is 28.0 Å². The van der Waals surface area contributed by atoms with Crippen LogP contribution in [0.15, 0.2) is 10.6 Å². The summed E-state index contributed by atoms with van der Waals surface area (Å²) in [6, 6.07) is 4.29. The second-order valence-electron chi connectivity index (χ2n) is 7.73. The summed E-state index contributed by atoms with van der Waals surface area (Å²) in [7, 11) is 0. The van der Waals surface area contributed by atoms with E-state index in [1.54, 1.807) is 20.8 Å². The van der Waals surface area contributed by atoms with E-state index in [0.29, 0.717) is 16.5 Å². The molecule has 26 heavy (non-hydrogen) atoms. The maximum Gasteiger partial charge on any atom is 0.243 e. The highest BCUT2D eigenvalue weighted by Gasteiger charge is 2.45. The third kappa shape index (κ3) is 4.04. The van der Waals surface area contributed by atoms with Crippen molar-refractivity contribution in [3.63, 3.8) is 0 Å². The molecule has 0 unspecified atom stereocenters. The maximum atomic E-state index is 12.6. The van der Waals surface area contributed by atoms with Crippen LogP contribution in [0.2, 0.25) is 0 Å². The molecule has 1 saturated carbocycles. The monoisotopic (exact) mass is 374 g/mol. The Hall–Kier alpha value is -1.99. The largest absolute Gasteiger partial charge is 0.352 e. The Bertz CT molecular complexity index is 701. The summed E-state index contributed by atoms with van der Waals surface area (Å²) < 4.78 is 0. The SMILES string of the molecule is C[C@@H](SC1=C(C#N)C(C)(C)[C@@H](C#N)C(=O)N1)C(=O)N[C@H]1CCCC[C@@H]1C. The zero-order chi connectivity index (χ0) is 19.5. The van der Waals surface area contributed by atoms with Gasteiger partial charge in [-0.3, -0.25) is 9.59 Å². The number of carbonyl (C=O) groups is 2. The molecular weight excluding hydrogens is 348 g/mol. The van der Waals surface area contributed by atoms with Crippen LogP contribution in [0, 0.1) is 39.9 Å². The molecule has 0 saturated heterocycles. The summed E-state index contributed by atoms with van der Waals surface area (Å²) in [5.74, 6) is -0.974. The summed E-state index contributed by atoms with van der Waals surface area (Å²) in [6.07, 6.45) is 4.44. The number of rotatable bonds is 4. The van der Waals surface area contributed by atoms with Crippen molar-refractivity contribution in [1.29, 1.82) is 10.5 Å². The number of thioether (sulfide) groups is 1. The molecule has 1 heterocycles. The highest BCUT2D eigenvalue weighted by Crippen LogP contribution is 2.42. The molecule has 0 aromatic rings. The van der Waals surface area contributed by atoms with Crippen LogP contribution >= 0.6 is 11.8 Å². The van der Waals surface area contributed by atoms with Crippen molar-refractivity contribution in [2.24, 2.45) is 17.3 Å². The maximum absolute atomic E-state index is 12.6. The predicted molar refractivity (Wildman–Crippen MR) is 100 cm³/mol. The normalized spacial score (nSPS) is 29.2. The average Bonchev–Trinajstić information content (AvgIpc) is 2.56. The molecule has 0 radical (unpaired) electrons. The van der Waals surface area contributed by atoms with Crippen LogP contribution in [-0.4, -0.2) is 23.1 Å². The highest BCUT2D eigenvalue weighted by molar-refractivity contribution is 8.04. The van der Waals surface area contributed by atoms with Gasteiger partial charge in [-0.2, -0.15) is 10.5 Å². The van der Waals surface area contributed by atoms with E-state index in [4.69, 9.17) is 0 Å². The average molecular weight is 375 g/mol. The standard InChI is InChI=1S/C19H26N4O2S/c1-11-7-5-6-8-15(11)22-16(24)12(2)26-18-14(10-21)19(3,4)13(9-20)17(25)23-18/h11-13,15H,5-8H2,1-4H3,(H,22,24)(H,23,25)/t11-,12+,13-,15-/m0/s1. The third-order valence-corrected chi connectivity index (χ3v) is 6.55. The molecule has 2 N–H and O–H groups in total. The fraction of sp³-hybridized carbons (Fsp3) is 0.684. The first-order valence-corrected chi connectivity index (χ1v) is 9.92. The molecule has 1 aliphatic carbocycles. The van der Waals surface area contributed by atoms with Crippen molar-refractivity contribution in [2.75, 3.05) is 0 Å². The van der Waals surface area contributed by atoms with Crippen molar-refractivity contribution in [3.8, 4) is 12.1 Å². The number of nitrogens with one attached hydrogen (secondary N) is 2. The van der Waals surface area contributed by atoms with Gasteiger partial charge < -0.3 is 10.6 Å². The van der Waals surface area contributed by atoms with Crippen molar-refractivity contribution in [2.45, 2.75) is 64.7 Å². The molecule has 1 fully saturated rings. The Kier molecular flexibility index (Phi) is 6.36. The van der Waals surface area contributed by atoms with Gasteiger partial charge in [-0.1, -0.05) is 45.4 Å². The van der Waals surface area contributed by atoms with Gasteiger partial charge in [0, 0.05) is 11.5 Å². The van der Waals surface area contributed by atoms with Crippen LogP contribution in [0.4, 0.5) is 0 Å². The van der Waals surface area contributed by atoms with Gasteiger partial charge in [0.15, 0.2) is 0 Å². The van der Waals surface area contributed by atoms with E-state index >= 15 is 0 Å². The van der Waals surface area contributed by atoms with E-state index in [-0.39, 0.29) is 11.9 Å². The summed E-state index contributed by atoms with van der Waals surface area (Å²) in [6.45, 7) is 7.36. The van der Waals surface area contributed by atoms with Gasteiger partial charge in [-0.05, 0) is 25.7 Å². The molecule has 1 aliphatic heterocycles. The van der Waals surface area contributed by atoms with Crippen LogP contribution in [0.25, 0.3) is 0 Å². The molecule has 0 aromatic heterocycles. The molecular formula is C19H26N4O2S. The van der Waals surface area contributed by atoms with Crippen molar-refractivity contribution in [1.82, 2.24) is 10.6 Å². The highest BCUT2D eigenvalue weighted by atomic mass is 32.2. The molecule has 0 aromatic carbocycles. The Labute approximate surface area is 159 Å². The second kappa shape index (κ2) is 8.14. The van der Waals surface area contributed by atoms with Gasteiger partial charge in [0.1, 0.15) is 5.92 Å². The van der Waals surface area contributed by atoms with Crippen LogP contribution in [0.1, 0.15) is 53.4 Å². The zero-order valence-corrected chi connectivity index (χ0v) is 16.6. The lowest BCUT2D eigenvalue weighted by atomic mass is 9.72. The molecule has 140 valence electrons. The number of hydrogen-bond acceptors (Lipinski definition) is 5. The molecule has 4 atom stereocenters. The van der Waals surface area contributed by atoms with E-state index in [2.05, 4.69) is 23.6 Å². The third-order valence-electron chi connectivity index (χ3n) is 5.44. The van der Waals surface area contributed by atoms with E-state index in [1.807, 2.05) is 6.07 Å². The number of nitrogens with zero attached hydrogens (tertiary/aromatic N) is 2. The first kappa shape index (κ1) is 20.3. The number of carbonyl (C=O) groups excluding carboxylic acids is 2. The van der Waals surface area contributed by atoms with E-state index in [1.165, 1.54) is 18.2 Å². The van der Waals surface area contributed by atoms with E-state index < -0.39 is 22.5 Å². The smallest absolute Gasteiger partial charge is 0.243 e.